The van der Waals surface area contributed by atoms with Gasteiger partial charge >= 0.3 is 0 Å². The fraction of sp³-hybridized carbons (Fsp3) is 0.250. The van der Waals surface area contributed by atoms with E-state index in [0.717, 1.165) is 21.9 Å². The van der Waals surface area contributed by atoms with Crippen molar-refractivity contribution in [3.63, 3.8) is 0 Å². The van der Waals surface area contributed by atoms with E-state index in [4.69, 9.17) is 4.74 Å². The zero-order valence-corrected chi connectivity index (χ0v) is 26.2. The van der Waals surface area contributed by atoms with Crippen molar-refractivity contribution in [3.8, 4) is 11.5 Å². The van der Waals surface area contributed by atoms with E-state index in [1.165, 1.54) is 22.9 Å². The first-order valence-electron chi connectivity index (χ1n) is 13.2. The number of carbonyl (C=O) groups excluding carboxylic acids is 2. The summed E-state index contributed by atoms with van der Waals surface area (Å²) >= 11 is 5.02. The Morgan fingerprint density at radius 1 is 0.854 bits per heavy atom. The van der Waals surface area contributed by atoms with Gasteiger partial charge in [-0.05, 0) is 85.6 Å². The number of likely N-dealkylation sites (N-methyl/N-ethyl adjacent to an activating group) is 2. The van der Waals surface area contributed by atoms with Gasteiger partial charge in [0.25, 0.3) is 0 Å². The molecule has 41 heavy (non-hydrogen) atoms. The fourth-order valence-electron chi connectivity index (χ4n) is 3.76. The molecule has 0 aliphatic heterocycles. The van der Waals surface area contributed by atoms with Crippen LogP contribution < -0.4 is 4.74 Å². The smallest absolute Gasteiger partial charge is 0.246 e. The molecule has 0 saturated carbocycles. The summed E-state index contributed by atoms with van der Waals surface area (Å²) in [6, 6.07) is 17.2. The number of amides is 2. The molecule has 1 N–H and O–H groups in total. The van der Waals surface area contributed by atoms with E-state index in [2.05, 4.69) is 19.1 Å². The number of methoxy groups -OCH3 is 1. The maximum absolute atomic E-state index is 12.2. The SMILES string of the molecule is CCN(Cc1cccs1)C(=O)/C=C/c1ccc(C)s1.CCN(Cc1cccs1)C(=O)/C=C/c1ccc(OC)c(O)c1. The largest absolute Gasteiger partial charge is 0.504 e. The number of carbonyl (C=O) groups is 2. The van der Waals surface area contributed by atoms with Crippen molar-refractivity contribution in [2.24, 2.45) is 0 Å². The molecule has 0 aliphatic carbocycles. The van der Waals surface area contributed by atoms with Gasteiger partial charge in [-0.25, -0.2) is 0 Å². The Morgan fingerprint density at radius 2 is 1.44 bits per heavy atom. The molecule has 2 amide bonds. The van der Waals surface area contributed by atoms with E-state index in [9.17, 15) is 14.7 Å². The lowest BCUT2D eigenvalue weighted by molar-refractivity contribution is -0.127. The van der Waals surface area contributed by atoms with Crippen molar-refractivity contribution in [2.75, 3.05) is 20.2 Å². The van der Waals surface area contributed by atoms with Crippen molar-refractivity contribution in [3.05, 3.63) is 103 Å². The number of hydrogen-bond acceptors (Lipinski definition) is 7. The zero-order valence-electron chi connectivity index (χ0n) is 23.8. The summed E-state index contributed by atoms with van der Waals surface area (Å²) in [6.07, 6.45) is 6.79. The zero-order chi connectivity index (χ0) is 29.6. The van der Waals surface area contributed by atoms with Crippen LogP contribution in [0.4, 0.5) is 0 Å². The highest BCUT2D eigenvalue weighted by Gasteiger charge is 2.11. The second-order valence-electron chi connectivity index (χ2n) is 8.91. The van der Waals surface area contributed by atoms with Crippen molar-refractivity contribution in [1.29, 1.82) is 0 Å². The highest BCUT2D eigenvalue weighted by Crippen LogP contribution is 2.26. The van der Waals surface area contributed by atoms with Gasteiger partial charge in [-0.15, -0.1) is 34.0 Å². The average Bonchev–Trinajstić information content (AvgIpc) is 3.76. The molecule has 0 saturated heterocycles. The number of phenolic OH excluding ortho intramolecular Hbond substituents is 1. The van der Waals surface area contributed by atoms with E-state index in [0.29, 0.717) is 25.4 Å². The van der Waals surface area contributed by atoms with Crippen LogP contribution in [-0.4, -0.2) is 46.9 Å². The molecular weight excluding hydrogens is 573 g/mol. The highest BCUT2D eigenvalue weighted by molar-refractivity contribution is 7.12. The van der Waals surface area contributed by atoms with Gasteiger partial charge in [0.15, 0.2) is 11.5 Å². The van der Waals surface area contributed by atoms with Crippen LogP contribution in [0.15, 0.2) is 77.5 Å². The minimum atomic E-state index is -0.0498. The third-order valence-electron chi connectivity index (χ3n) is 6.01. The first kappa shape index (κ1) is 31.9. The lowest BCUT2D eigenvalue weighted by atomic mass is 10.2. The third-order valence-corrected chi connectivity index (χ3v) is 8.70. The van der Waals surface area contributed by atoms with Crippen LogP contribution in [0, 0.1) is 6.92 Å². The van der Waals surface area contributed by atoms with Gasteiger partial charge in [0.1, 0.15) is 0 Å². The molecule has 4 aromatic rings. The molecule has 6 nitrogen and oxygen atoms in total. The molecule has 4 rings (SSSR count). The molecule has 0 spiro atoms. The Kier molecular flexibility index (Phi) is 12.9. The Bertz CT molecular complexity index is 1420. The Balaban J connectivity index is 0.000000228. The number of benzene rings is 1. The second-order valence-corrected chi connectivity index (χ2v) is 12.3. The molecule has 3 aromatic heterocycles. The van der Waals surface area contributed by atoms with Crippen molar-refractivity contribution in [2.45, 2.75) is 33.9 Å². The first-order chi connectivity index (χ1) is 19.8. The van der Waals surface area contributed by atoms with Crippen molar-refractivity contribution in [1.82, 2.24) is 9.80 Å². The third kappa shape index (κ3) is 10.4. The number of aromatic hydroxyl groups is 1. The summed E-state index contributed by atoms with van der Waals surface area (Å²) in [4.78, 5) is 32.7. The molecule has 0 aliphatic rings. The monoisotopic (exact) mass is 608 g/mol. The van der Waals surface area contributed by atoms with Gasteiger partial charge in [0.05, 0.1) is 20.2 Å². The van der Waals surface area contributed by atoms with Crippen LogP contribution in [0.2, 0.25) is 0 Å². The van der Waals surface area contributed by atoms with Gasteiger partial charge in [0, 0.05) is 44.8 Å². The standard InChI is InChI=1S/C17H19NO3S.C15H17NOS2/c1-3-18(12-14-5-4-10-22-14)17(20)9-7-13-6-8-16(21-2)15(19)11-13;1-3-16(11-14-5-4-10-18-14)15(17)9-8-13-7-6-12(2)19-13/h4-11,19H,3,12H2,1-2H3;4-10H,3,11H2,1-2H3/b9-7+;9-8+. The molecular formula is C32H36N2O4S3. The van der Waals surface area contributed by atoms with Crippen LogP contribution in [0.3, 0.4) is 0 Å². The van der Waals surface area contributed by atoms with Crippen LogP contribution in [0.1, 0.15) is 38.9 Å². The summed E-state index contributed by atoms with van der Waals surface area (Å²) in [5, 5.41) is 13.8. The van der Waals surface area contributed by atoms with Gasteiger partial charge < -0.3 is 19.6 Å². The summed E-state index contributed by atoms with van der Waals surface area (Å²) in [6.45, 7) is 8.72. The van der Waals surface area contributed by atoms with Crippen LogP contribution in [-0.2, 0) is 22.7 Å². The number of nitrogens with zero attached hydrogens (tertiary/aromatic N) is 2. The topological polar surface area (TPSA) is 70.1 Å². The number of phenols is 1. The summed E-state index contributed by atoms with van der Waals surface area (Å²) in [7, 11) is 1.50. The van der Waals surface area contributed by atoms with Crippen molar-refractivity contribution < 1.29 is 19.4 Å². The summed E-state index contributed by atoms with van der Waals surface area (Å²) in [5.41, 5.74) is 0.749. The van der Waals surface area contributed by atoms with Crippen molar-refractivity contribution >= 4 is 58.0 Å². The highest BCUT2D eigenvalue weighted by atomic mass is 32.1. The first-order valence-corrected chi connectivity index (χ1v) is 15.8. The lowest BCUT2D eigenvalue weighted by Crippen LogP contribution is -2.28. The minimum Gasteiger partial charge on any atom is -0.504 e. The predicted octanol–water partition coefficient (Wildman–Crippen LogP) is 7.70. The van der Waals surface area contributed by atoms with E-state index < -0.39 is 0 Å². The average molecular weight is 609 g/mol. The molecule has 0 fully saturated rings. The molecule has 0 radical (unpaired) electrons. The number of rotatable bonds is 11. The number of aryl methyl sites for hydroxylation is 1. The molecule has 216 valence electrons. The maximum Gasteiger partial charge on any atom is 0.246 e. The van der Waals surface area contributed by atoms with E-state index >= 15 is 0 Å². The summed E-state index contributed by atoms with van der Waals surface area (Å²) in [5.74, 6) is 0.493. The molecule has 9 heteroatoms. The van der Waals surface area contributed by atoms with Gasteiger partial charge in [0.2, 0.25) is 11.8 Å². The molecule has 0 atom stereocenters. The van der Waals surface area contributed by atoms with Crippen LogP contribution in [0.25, 0.3) is 12.2 Å². The van der Waals surface area contributed by atoms with Gasteiger partial charge in [-0.2, -0.15) is 0 Å². The van der Waals surface area contributed by atoms with Crippen LogP contribution in [0.5, 0.6) is 11.5 Å². The number of ether oxygens (including phenoxy) is 1. The Labute approximate surface area is 254 Å². The van der Waals surface area contributed by atoms with Gasteiger partial charge in [-0.3, -0.25) is 9.59 Å². The molecule has 1 aromatic carbocycles. The molecule has 0 unspecified atom stereocenters. The van der Waals surface area contributed by atoms with Gasteiger partial charge in [-0.1, -0.05) is 18.2 Å². The molecule has 3 heterocycles. The van der Waals surface area contributed by atoms with E-state index in [1.807, 2.05) is 59.8 Å². The normalized spacial score (nSPS) is 10.9. The Hall–Kier alpha value is -3.66. The van der Waals surface area contributed by atoms with E-state index in [1.54, 1.807) is 69.3 Å². The van der Waals surface area contributed by atoms with E-state index in [-0.39, 0.29) is 17.6 Å². The fourth-order valence-corrected chi connectivity index (χ4v) is 5.98. The summed E-state index contributed by atoms with van der Waals surface area (Å²) < 4.78 is 4.99. The lowest BCUT2D eigenvalue weighted by Gasteiger charge is -2.18. The number of hydrogen-bond donors (Lipinski definition) is 1. The predicted molar refractivity (Wildman–Crippen MR) is 173 cm³/mol. The molecule has 0 bridgehead atoms. The Morgan fingerprint density at radius 3 is 1.88 bits per heavy atom. The second kappa shape index (κ2) is 16.6. The minimum absolute atomic E-state index is 0.0498. The maximum atomic E-state index is 12.2. The number of thiophene rings is 3. The van der Waals surface area contributed by atoms with Crippen LogP contribution >= 0.6 is 34.0 Å². The quantitative estimate of drug-likeness (QED) is 0.177.